The molecule has 0 radical (unpaired) electrons. The van der Waals surface area contributed by atoms with Gasteiger partial charge in [0.05, 0.1) is 11.1 Å². The third-order valence-corrected chi connectivity index (χ3v) is 7.52. The first-order valence-electron chi connectivity index (χ1n) is 13.4. The molecule has 0 bridgehead atoms. The molecule has 194 valence electrons. The van der Waals surface area contributed by atoms with Gasteiger partial charge in [0, 0.05) is 35.1 Å². The fourth-order valence-electron chi connectivity index (χ4n) is 5.34. The van der Waals surface area contributed by atoms with E-state index in [9.17, 15) is 9.59 Å². The first kappa shape index (κ1) is 25.7. The molecule has 1 fully saturated rings. The van der Waals surface area contributed by atoms with E-state index in [1.54, 1.807) is 12.4 Å². The van der Waals surface area contributed by atoms with Crippen LogP contribution in [-0.4, -0.2) is 22.6 Å². The molecule has 1 N–H and O–H groups in total. The Hall–Kier alpha value is -3.99. The fraction of sp³-hybridized carbons (Fsp3) is 0.303. The Kier molecular flexibility index (Phi) is 7.28. The second kappa shape index (κ2) is 10.8. The SMILES string of the molecule is Cc1ccc(C)c(C(=O)c2c(NC3CCCCC3)oc(-c3ccncc3)c2C(=O)c2cc(C)ccc2C)c1. The Morgan fingerprint density at radius 2 is 1.32 bits per heavy atom. The number of ketones is 2. The smallest absolute Gasteiger partial charge is 0.205 e. The highest BCUT2D eigenvalue weighted by molar-refractivity contribution is 6.24. The van der Waals surface area contributed by atoms with E-state index in [-0.39, 0.29) is 17.6 Å². The van der Waals surface area contributed by atoms with Crippen molar-refractivity contribution in [3.8, 4) is 11.3 Å². The number of pyridine rings is 1. The molecule has 0 unspecified atom stereocenters. The molecule has 2 aromatic carbocycles. The van der Waals surface area contributed by atoms with Gasteiger partial charge in [-0.25, -0.2) is 0 Å². The van der Waals surface area contributed by atoms with Gasteiger partial charge in [-0.2, -0.15) is 0 Å². The quantitative estimate of drug-likeness (QED) is 0.259. The van der Waals surface area contributed by atoms with E-state index in [1.165, 1.54) is 6.42 Å². The van der Waals surface area contributed by atoms with E-state index in [2.05, 4.69) is 10.3 Å². The Labute approximate surface area is 224 Å². The number of aromatic nitrogens is 1. The van der Waals surface area contributed by atoms with Gasteiger partial charge in [-0.1, -0.05) is 54.7 Å². The maximum absolute atomic E-state index is 14.4. The molecule has 2 aromatic heterocycles. The van der Waals surface area contributed by atoms with E-state index in [1.807, 2.05) is 76.2 Å². The molecule has 0 amide bonds. The zero-order chi connectivity index (χ0) is 26.8. The minimum atomic E-state index is -0.216. The summed E-state index contributed by atoms with van der Waals surface area (Å²) in [6.07, 6.45) is 8.82. The number of carbonyl (C=O) groups is 2. The van der Waals surface area contributed by atoms with Crippen LogP contribution in [0.4, 0.5) is 5.88 Å². The van der Waals surface area contributed by atoms with Crippen molar-refractivity contribution in [2.24, 2.45) is 0 Å². The summed E-state index contributed by atoms with van der Waals surface area (Å²) in [5, 5.41) is 3.54. The summed E-state index contributed by atoms with van der Waals surface area (Å²) in [6.45, 7) is 7.79. The molecule has 5 rings (SSSR count). The molecule has 1 aliphatic rings. The van der Waals surface area contributed by atoms with Crippen molar-refractivity contribution in [1.82, 2.24) is 4.98 Å². The van der Waals surface area contributed by atoms with Gasteiger partial charge in [-0.05, 0) is 75.9 Å². The van der Waals surface area contributed by atoms with Crippen molar-refractivity contribution in [3.63, 3.8) is 0 Å². The minimum absolute atomic E-state index is 0.189. The van der Waals surface area contributed by atoms with Crippen LogP contribution >= 0.6 is 0 Å². The van der Waals surface area contributed by atoms with Crippen molar-refractivity contribution >= 4 is 17.5 Å². The highest BCUT2D eigenvalue weighted by Crippen LogP contribution is 2.39. The average Bonchev–Trinajstić information content (AvgIpc) is 3.30. The standard InChI is InChI=1S/C33H34N2O3/c1-20-10-12-22(3)26(18-20)30(36)28-29(31(37)27-19-21(2)11-13-23(27)4)33(35-25-8-6-5-7-9-25)38-32(28)24-14-16-34-17-15-24/h10-19,25,35H,5-9H2,1-4H3. The van der Waals surface area contributed by atoms with Gasteiger partial charge in [0.1, 0.15) is 5.76 Å². The van der Waals surface area contributed by atoms with Crippen LogP contribution in [0.5, 0.6) is 0 Å². The summed E-state index contributed by atoms with van der Waals surface area (Å²) >= 11 is 0. The van der Waals surface area contributed by atoms with Crippen LogP contribution in [0, 0.1) is 27.7 Å². The predicted molar refractivity (Wildman–Crippen MR) is 151 cm³/mol. The molecule has 38 heavy (non-hydrogen) atoms. The summed E-state index contributed by atoms with van der Waals surface area (Å²) in [7, 11) is 0. The normalized spacial score (nSPS) is 13.9. The van der Waals surface area contributed by atoms with Crippen molar-refractivity contribution < 1.29 is 14.0 Å². The number of nitrogens with zero attached hydrogens (tertiary/aromatic N) is 1. The lowest BCUT2D eigenvalue weighted by molar-refractivity contribution is 0.100. The van der Waals surface area contributed by atoms with Gasteiger partial charge in [-0.3, -0.25) is 14.6 Å². The van der Waals surface area contributed by atoms with Crippen LogP contribution in [0.15, 0.2) is 65.3 Å². The average molecular weight is 507 g/mol. The van der Waals surface area contributed by atoms with Crippen LogP contribution in [0.1, 0.15) is 86.2 Å². The molecule has 0 atom stereocenters. The van der Waals surface area contributed by atoms with Gasteiger partial charge in [-0.15, -0.1) is 0 Å². The molecule has 5 heteroatoms. The summed E-state index contributed by atoms with van der Waals surface area (Å²) in [4.78, 5) is 32.9. The first-order chi connectivity index (χ1) is 18.3. The van der Waals surface area contributed by atoms with Crippen molar-refractivity contribution in [2.75, 3.05) is 5.32 Å². The third-order valence-electron chi connectivity index (χ3n) is 7.52. The predicted octanol–water partition coefficient (Wildman–Crippen LogP) is 7.78. The lowest BCUT2D eigenvalue weighted by Crippen LogP contribution is -2.23. The summed E-state index contributed by atoms with van der Waals surface area (Å²) in [6, 6.07) is 15.5. The molecule has 0 saturated heterocycles. The summed E-state index contributed by atoms with van der Waals surface area (Å²) < 4.78 is 6.48. The number of rotatable bonds is 7. The van der Waals surface area contributed by atoms with Crippen LogP contribution in [0.25, 0.3) is 11.3 Å². The maximum Gasteiger partial charge on any atom is 0.205 e. The number of nitrogens with one attached hydrogen (secondary N) is 1. The Morgan fingerprint density at radius 1 is 0.763 bits per heavy atom. The number of hydrogen-bond acceptors (Lipinski definition) is 5. The lowest BCUT2D eigenvalue weighted by atomic mass is 9.89. The molecule has 4 aromatic rings. The second-order valence-electron chi connectivity index (χ2n) is 10.5. The molecule has 2 heterocycles. The number of anilines is 1. The van der Waals surface area contributed by atoms with E-state index in [4.69, 9.17) is 4.42 Å². The zero-order valence-electron chi connectivity index (χ0n) is 22.6. The van der Waals surface area contributed by atoms with Crippen LogP contribution < -0.4 is 5.32 Å². The molecular weight excluding hydrogens is 472 g/mol. The van der Waals surface area contributed by atoms with E-state index in [0.29, 0.717) is 39.5 Å². The van der Waals surface area contributed by atoms with Crippen molar-refractivity contribution in [2.45, 2.75) is 65.8 Å². The van der Waals surface area contributed by atoms with Crippen molar-refractivity contribution in [1.29, 1.82) is 0 Å². The van der Waals surface area contributed by atoms with Crippen LogP contribution in [0.2, 0.25) is 0 Å². The number of hydrogen-bond donors (Lipinski definition) is 1. The Morgan fingerprint density at radius 3 is 1.89 bits per heavy atom. The minimum Gasteiger partial charge on any atom is -0.439 e. The van der Waals surface area contributed by atoms with Gasteiger partial charge in [0.25, 0.3) is 0 Å². The van der Waals surface area contributed by atoms with Crippen molar-refractivity contribution in [3.05, 3.63) is 105 Å². The lowest BCUT2D eigenvalue weighted by Gasteiger charge is -2.23. The highest BCUT2D eigenvalue weighted by atomic mass is 16.4. The molecular formula is C33H34N2O3. The highest BCUT2D eigenvalue weighted by Gasteiger charge is 2.34. The Balaban J connectivity index is 1.77. The fourth-order valence-corrected chi connectivity index (χ4v) is 5.34. The third kappa shape index (κ3) is 5.06. The number of furan rings is 1. The van der Waals surface area contributed by atoms with E-state index >= 15 is 0 Å². The van der Waals surface area contributed by atoms with Crippen LogP contribution in [-0.2, 0) is 0 Å². The number of aryl methyl sites for hydroxylation is 4. The maximum atomic E-state index is 14.4. The van der Waals surface area contributed by atoms with Crippen LogP contribution in [0.3, 0.4) is 0 Å². The molecule has 1 saturated carbocycles. The van der Waals surface area contributed by atoms with Gasteiger partial charge < -0.3 is 9.73 Å². The molecule has 5 nitrogen and oxygen atoms in total. The van der Waals surface area contributed by atoms with E-state index in [0.717, 1.165) is 47.9 Å². The monoisotopic (exact) mass is 506 g/mol. The number of benzene rings is 2. The topological polar surface area (TPSA) is 72.2 Å². The second-order valence-corrected chi connectivity index (χ2v) is 10.5. The molecule has 1 aliphatic carbocycles. The van der Waals surface area contributed by atoms with Gasteiger partial charge in [0.2, 0.25) is 5.88 Å². The zero-order valence-corrected chi connectivity index (χ0v) is 22.6. The molecule has 0 aliphatic heterocycles. The molecule has 0 spiro atoms. The largest absolute Gasteiger partial charge is 0.439 e. The van der Waals surface area contributed by atoms with E-state index < -0.39 is 0 Å². The first-order valence-corrected chi connectivity index (χ1v) is 13.4. The summed E-state index contributed by atoms with van der Waals surface area (Å²) in [5.74, 6) is 0.350. The summed E-state index contributed by atoms with van der Waals surface area (Å²) in [5.41, 5.74) is 6.15. The number of carbonyl (C=O) groups excluding carboxylic acids is 2. The van der Waals surface area contributed by atoms with Gasteiger partial charge in [0.15, 0.2) is 11.6 Å². The van der Waals surface area contributed by atoms with Gasteiger partial charge >= 0.3 is 0 Å². The Bertz CT molecular complexity index is 1490.